The topological polar surface area (TPSA) is 302 Å². The van der Waals surface area contributed by atoms with Crippen LogP contribution in [0.1, 0.15) is 64.9 Å². The molecule has 1 fully saturated rings. The molecular formula is C36H60N10O8. The summed E-state index contributed by atoms with van der Waals surface area (Å²) in [5.74, 6) is -4.05. The van der Waals surface area contributed by atoms with E-state index in [1.807, 2.05) is 13.8 Å². The van der Waals surface area contributed by atoms with Gasteiger partial charge in [-0.1, -0.05) is 44.2 Å². The predicted octanol–water partition coefficient (Wildman–Crippen LogP) is -3.44. The zero-order valence-electron chi connectivity index (χ0n) is 31.5. The van der Waals surface area contributed by atoms with Crippen LogP contribution < -0.4 is 54.4 Å². The predicted molar refractivity (Wildman–Crippen MR) is 201 cm³/mol. The SMILES string of the molecule is CC(C)C[C@@H]1NC(=O)[C@@H](Cc2ccccc2)NC(=O)[C@H](CCN)NC(=O)CCCNC(=O)[C@H]([C@@H](C)O)NC[C@](C=O)(CCN)NC(=O)[C@H](CCN)NC1=O. The second-order valence-electron chi connectivity index (χ2n) is 14.1. The molecule has 7 atom stereocenters. The molecule has 0 spiro atoms. The molecular weight excluding hydrogens is 700 g/mol. The Morgan fingerprint density at radius 3 is 1.93 bits per heavy atom. The number of nitrogens with two attached hydrogens (primary N) is 3. The maximum Gasteiger partial charge on any atom is 0.243 e. The van der Waals surface area contributed by atoms with E-state index in [0.29, 0.717) is 11.8 Å². The Balaban J connectivity index is 2.57. The summed E-state index contributed by atoms with van der Waals surface area (Å²) >= 11 is 0. The molecule has 18 nitrogen and oxygen atoms in total. The van der Waals surface area contributed by atoms with Crippen LogP contribution in [0.25, 0.3) is 0 Å². The van der Waals surface area contributed by atoms with Gasteiger partial charge in [-0.15, -0.1) is 0 Å². The highest BCUT2D eigenvalue weighted by Gasteiger charge is 2.37. The third-order valence-electron chi connectivity index (χ3n) is 8.92. The van der Waals surface area contributed by atoms with Gasteiger partial charge in [0.15, 0.2) is 0 Å². The first-order chi connectivity index (χ1) is 25.7. The monoisotopic (exact) mass is 760 g/mol. The van der Waals surface area contributed by atoms with Crippen LogP contribution in [0.5, 0.6) is 0 Å². The van der Waals surface area contributed by atoms with Crippen LogP contribution in [0.2, 0.25) is 0 Å². The van der Waals surface area contributed by atoms with Crippen molar-refractivity contribution in [2.24, 2.45) is 23.1 Å². The highest BCUT2D eigenvalue weighted by molar-refractivity contribution is 5.96. The van der Waals surface area contributed by atoms with E-state index in [9.17, 15) is 38.7 Å². The molecule has 2 rings (SSSR count). The smallest absolute Gasteiger partial charge is 0.243 e. The van der Waals surface area contributed by atoms with Gasteiger partial charge in [0.2, 0.25) is 35.4 Å². The summed E-state index contributed by atoms with van der Waals surface area (Å²) in [7, 11) is 0. The highest BCUT2D eigenvalue weighted by atomic mass is 16.3. The first-order valence-corrected chi connectivity index (χ1v) is 18.5. The molecule has 14 N–H and O–H groups in total. The fourth-order valence-electron chi connectivity index (χ4n) is 5.98. The van der Waals surface area contributed by atoms with Crippen molar-refractivity contribution < 1.29 is 38.7 Å². The fourth-order valence-corrected chi connectivity index (χ4v) is 5.98. The molecule has 0 bridgehead atoms. The molecule has 18 heteroatoms. The quantitative estimate of drug-likeness (QED) is 0.0928. The summed E-state index contributed by atoms with van der Waals surface area (Å²) in [5, 5.41) is 29.4. The standard InChI is InChI=1S/C36H60N10O8/c1-22(2)18-27-32(51)43-26(12-15-38)34(53)46-36(21-47,13-16-39)20-41-30(23(3)48)35(54)40-17-7-10-29(49)42-25(11-14-37)31(50)45-28(33(52)44-27)19-24-8-5-4-6-9-24/h4-6,8-9,21-23,25-28,30,41,48H,7,10-20,37-39H2,1-3H3,(H,40,54)(H,42,49)(H,43,51)(H,44,52)(H,45,50)(H,46,53)/t23-,25+,26+,27+,28-,30+,36+/m1/s1. The number of aliphatic hydroxyl groups is 1. The van der Waals surface area contributed by atoms with E-state index in [1.54, 1.807) is 30.3 Å². The number of nitrogens with one attached hydrogen (secondary N) is 7. The minimum atomic E-state index is -1.65. The molecule has 54 heavy (non-hydrogen) atoms. The molecule has 1 saturated heterocycles. The van der Waals surface area contributed by atoms with Gasteiger partial charge in [0.05, 0.1) is 6.10 Å². The van der Waals surface area contributed by atoms with Gasteiger partial charge in [-0.05, 0) is 70.1 Å². The van der Waals surface area contributed by atoms with Crippen molar-refractivity contribution in [3.63, 3.8) is 0 Å². The lowest BCUT2D eigenvalue weighted by atomic mass is 9.94. The van der Waals surface area contributed by atoms with E-state index >= 15 is 0 Å². The van der Waals surface area contributed by atoms with Crippen LogP contribution in [0, 0.1) is 5.92 Å². The second kappa shape index (κ2) is 23.3. The first-order valence-electron chi connectivity index (χ1n) is 18.5. The summed E-state index contributed by atoms with van der Waals surface area (Å²) in [6.07, 6.45) is -0.506. The van der Waals surface area contributed by atoms with Gasteiger partial charge in [-0.2, -0.15) is 0 Å². The Morgan fingerprint density at radius 2 is 1.35 bits per heavy atom. The van der Waals surface area contributed by atoms with Crippen LogP contribution in [-0.2, 0) is 40.0 Å². The van der Waals surface area contributed by atoms with Gasteiger partial charge in [-0.3, -0.25) is 28.8 Å². The number of carbonyl (C=O) groups is 7. The van der Waals surface area contributed by atoms with Crippen molar-refractivity contribution in [1.82, 2.24) is 37.2 Å². The van der Waals surface area contributed by atoms with Gasteiger partial charge in [0.25, 0.3) is 0 Å². The molecule has 1 aromatic carbocycles. The maximum atomic E-state index is 14.0. The second-order valence-corrected chi connectivity index (χ2v) is 14.1. The van der Waals surface area contributed by atoms with E-state index in [-0.39, 0.29) is 83.6 Å². The number of amides is 6. The summed E-state index contributed by atoms with van der Waals surface area (Å²) < 4.78 is 0. The largest absolute Gasteiger partial charge is 0.391 e. The summed E-state index contributed by atoms with van der Waals surface area (Å²) in [5.41, 5.74) is 16.5. The third kappa shape index (κ3) is 15.1. The van der Waals surface area contributed by atoms with E-state index in [4.69, 9.17) is 17.2 Å². The lowest BCUT2D eigenvalue weighted by Gasteiger charge is -2.33. The normalized spacial score (nSPS) is 26.7. The number of carbonyl (C=O) groups excluding carboxylic acids is 7. The maximum absolute atomic E-state index is 14.0. The molecule has 0 saturated carbocycles. The molecule has 1 aliphatic heterocycles. The Kier molecular flexibility index (Phi) is 19.7. The van der Waals surface area contributed by atoms with Crippen molar-refractivity contribution in [1.29, 1.82) is 0 Å². The van der Waals surface area contributed by atoms with E-state index < -0.39 is 77.3 Å². The lowest BCUT2D eigenvalue weighted by Crippen LogP contribution is -2.64. The van der Waals surface area contributed by atoms with Gasteiger partial charge in [0.1, 0.15) is 42.0 Å². The van der Waals surface area contributed by atoms with Crippen LogP contribution >= 0.6 is 0 Å². The van der Waals surface area contributed by atoms with Crippen LogP contribution in [0.4, 0.5) is 0 Å². The number of benzene rings is 1. The molecule has 0 aliphatic carbocycles. The van der Waals surface area contributed by atoms with Gasteiger partial charge in [0, 0.05) is 25.9 Å². The number of aldehydes is 1. The Bertz CT molecular complexity index is 1400. The number of hydrogen-bond donors (Lipinski definition) is 11. The van der Waals surface area contributed by atoms with Gasteiger partial charge >= 0.3 is 0 Å². The summed E-state index contributed by atoms with van der Waals surface area (Å²) in [6.45, 7) is 4.74. The minimum Gasteiger partial charge on any atom is -0.391 e. The van der Waals surface area contributed by atoms with E-state index in [0.717, 1.165) is 0 Å². The molecule has 1 aliphatic rings. The molecule has 0 unspecified atom stereocenters. The minimum absolute atomic E-state index is 0.0284. The highest BCUT2D eigenvalue weighted by Crippen LogP contribution is 2.12. The van der Waals surface area contributed by atoms with E-state index in [1.165, 1.54) is 6.92 Å². The molecule has 1 heterocycles. The summed E-state index contributed by atoms with van der Waals surface area (Å²) in [4.78, 5) is 93.7. The molecule has 302 valence electrons. The van der Waals surface area contributed by atoms with Crippen LogP contribution in [-0.4, -0.2) is 121 Å². The van der Waals surface area contributed by atoms with Crippen molar-refractivity contribution in [3.05, 3.63) is 35.9 Å². The molecule has 0 radical (unpaired) electrons. The Labute approximate surface area is 316 Å². The van der Waals surface area contributed by atoms with E-state index in [2.05, 4.69) is 37.2 Å². The Morgan fingerprint density at radius 1 is 0.778 bits per heavy atom. The molecule has 6 amide bonds. The average Bonchev–Trinajstić information content (AvgIpc) is 3.12. The molecule has 0 aromatic heterocycles. The first kappa shape index (κ1) is 45.7. The third-order valence-corrected chi connectivity index (χ3v) is 8.92. The van der Waals surface area contributed by atoms with Crippen LogP contribution in [0.15, 0.2) is 30.3 Å². The fraction of sp³-hybridized carbons (Fsp3) is 0.639. The van der Waals surface area contributed by atoms with Crippen molar-refractivity contribution in [3.8, 4) is 0 Å². The van der Waals surface area contributed by atoms with Crippen molar-refractivity contribution >= 4 is 41.7 Å². The number of aliphatic hydroxyl groups excluding tert-OH is 1. The lowest BCUT2D eigenvalue weighted by molar-refractivity contribution is -0.135. The van der Waals surface area contributed by atoms with Gasteiger partial charge < -0.3 is 64.3 Å². The zero-order chi connectivity index (χ0) is 40.3. The van der Waals surface area contributed by atoms with Crippen molar-refractivity contribution in [2.45, 2.75) is 108 Å². The van der Waals surface area contributed by atoms with Gasteiger partial charge in [-0.25, -0.2) is 0 Å². The Hall–Kier alpha value is -4.49. The summed E-state index contributed by atoms with van der Waals surface area (Å²) in [6, 6.07) is 3.00. The average molecular weight is 761 g/mol. The zero-order valence-corrected chi connectivity index (χ0v) is 31.5. The van der Waals surface area contributed by atoms with Crippen LogP contribution in [0.3, 0.4) is 0 Å². The van der Waals surface area contributed by atoms with Crippen molar-refractivity contribution in [2.75, 3.05) is 32.7 Å². The molecule has 1 aromatic rings. The number of hydrogen-bond acceptors (Lipinski definition) is 12. The number of rotatable bonds is 12.